The number of hydrogen-bond donors (Lipinski definition) is 1. The molecule has 5 rings (SSSR count). The predicted octanol–water partition coefficient (Wildman–Crippen LogP) is 6.14. The first-order valence-electron chi connectivity index (χ1n) is 11.8. The number of rotatable bonds is 6. The molecule has 3 aliphatic rings. The summed E-state index contributed by atoms with van der Waals surface area (Å²) in [5.41, 5.74) is 1.80. The minimum absolute atomic E-state index is 0.0491. The molecule has 176 valence electrons. The minimum atomic E-state index is -0.535. The Balaban J connectivity index is 1.29. The van der Waals surface area contributed by atoms with Gasteiger partial charge in [0.2, 0.25) is 0 Å². The number of aryl methyl sites for hydroxylation is 1. The Morgan fingerprint density at radius 1 is 1.24 bits per heavy atom. The van der Waals surface area contributed by atoms with E-state index in [1.807, 2.05) is 30.3 Å². The lowest BCUT2D eigenvalue weighted by molar-refractivity contribution is -0.131. The number of ketones is 1. The van der Waals surface area contributed by atoms with Crippen LogP contribution < -0.4 is 4.72 Å². The van der Waals surface area contributed by atoms with Gasteiger partial charge < -0.3 is 4.74 Å². The van der Waals surface area contributed by atoms with Gasteiger partial charge in [0, 0.05) is 23.3 Å². The molecule has 0 radical (unpaired) electrons. The SMILES string of the molecule is C=C1C(CCc2ccc(C#N)c(Cl)c2)CC(=O)C2C1[C@@]1(C)CC(NSc3ccccc3)[C@]2(C)O1. The lowest BCUT2D eigenvalue weighted by Crippen LogP contribution is -2.57. The summed E-state index contributed by atoms with van der Waals surface area (Å²) in [5, 5.41) is 9.58. The molecule has 0 amide bonds. The van der Waals surface area contributed by atoms with Crippen molar-refractivity contribution in [2.45, 2.75) is 61.7 Å². The van der Waals surface area contributed by atoms with E-state index in [0.717, 1.165) is 35.3 Å². The molecule has 1 N–H and O–H groups in total. The molecule has 2 bridgehead atoms. The van der Waals surface area contributed by atoms with Crippen molar-refractivity contribution >= 4 is 29.3 Å². The van der Waals surface area contributed by atoms with E-state index in [9.17, 15) is 4.79 Å². The molecule has 4 unspecified atom stereocenters. The smallest absolute Gasteiger partial charge is 0.140 e. The maximum atomic E-state index is 13.5. The molecular weight excluding hydrogens is 464 g/mol. The lowest BCUT2D eigenvalue weighted by Gasteiger charge is -2.46. The highest BCUT2D eigenvalue weighted by molar-refractivity contribution is 7.97. The summed E-state index contributed by atoms with van der Waals surface area (Å²) in [6.45, 7) is 8.78. The van der Waals surface area contributed by atoms with Crippen LogP contribution in [0.5, 0.6) is 0 Å². The first-order chi connectivity index (χ1) is 16.2. The van der Waals surface area contributed by atoms with Crippen molar-refractivity contribution in [3.8, 4) is 6.07 Å². The fourth-order valence-electron chi connectivity index (χ4n) is 6.46. The number of fused-ring (bicyclic) bond motifs is 5. The van der Waals surface area contributed by atoms with E-state index >= 15 is 0 Å². The third-order valence-electron chi connectivity index (χ3n) is 8.08. The average molecular weight is 493 g/mol. The third kappa shape index (κ3) is 3.91. The summed E-state index contributed by atoms with van der Waals surface area (Å²) in [6, 6.07) is 18.0. The quantitative estimate of drug-likeness (QED) is 0.387. The summed E-state index contributed by atoms with van der Waals surface area (Å²) in [6.07, 6.45) is 3.01. The number of ether oxygens (including phenoxy) is 1. The molecule has 34 heavy (non-hydrogen) atoms. The van der Waals surface area contributed by atoms with Gasteiger partial charge in [-0.05, 0) is 80.8 Å². The Morgan fingerprint density at radius 2 is 2.00 bits per heavy atom. The Morgan fingerprint density at radius 3 is 2.71 bits per heavy atom. The van der Waals surface area contributed by atoms with Crippen LogP contribution in [-0.2, 0) is 16.0 Å². The number of nitrogens with one attached hydrogen (secondary N) is 1. The van der Waals surface area contributed by atoms with E-state index in [-0.39, 0.29) is 23.8 Å². The number of halogens is 1. The number of carbonyl (C=O) groups excluding carboxylic acids is 1. The van der Waals surface area contributed by atoms with Crippen LogP contribution in [0.25, 0.3) is 0 Å². The van der Waals surface area contributed by atoms with Crippen molar-refractivity contribution in [2.75, 3.05) is 0 Å². The fourth-order valence-corrected chi connectivity index (χ4v) is 7.60. The highest BCUT2D eigenvalue weighted by atomic mass is 35.5. The highest BCUT2D eigenvalue weighted by Gasteiger charge is 2.71. The van der Waals surface area contributed by atoms with Crippen LogP contribution in [0.3, 0.4) is 0 Å². The summed E-state index contributed by atoms with van der Waals surface area (Å²) < 4.78 is 10.3. The van der Waals surface area contributed by atoms with Gasteiger partial charge in [0.15, 0.2) is 0 Å². The highest BCUT2D eigenvalue weighted by Crippen LogP contribution is 2.63. The van der Waals surface area contributed by atoms with Crippen molar-refractivity contribution in [2.24, 2.45) is 17.8 Å². The number of benzene rings is 2. The van der Waals surface area contributed by atoms with Gasteiger partial charge in [0.25, 0.3) is 0 Å². The van der Waals surface area contributed by atoms with Gasteiger partial charge in [-0.25, -0.2) is 0 Å². The molecule has 6 heteroatoms. The number of nitrogens with zero attached hydrogens (tertiary/aromatic N) is 1. The van der Waals surface area contributed by atoms with Gasteiger partial charge in [-0.2, -0.15) is 5.26 Å². The van der Waals surface area contributed by atoms with Crippen molar-refractivity contribution in [3.63, 3.8) is 0 Å². The van der Waals surface area contributed by atoms with Crippen LogP contribution >= 0.6 is 23.5 Å². The van der Waals surface area contributed by atoms with E-state index < -0.39 is 11.2 Å². The average Bonchev–Trinajstić information content (AvgIpc) is 3.23. The monoisotopic (exact) mass is 492 g/mol. The minimum Gasteiger partial charge on any atom is -0.366 e. The molecular formula is C28H29ClN2O2S. The van der Waals surface area contributed by atoms with Gasteiger partial charge in [-0.1, -0.05) is 48.0 Å². The van der Waals surface area contributed by atoms with Gasteiger partial charge in [-0.3, -0.25) is 9.52 Å². The van der Waals surface area contributed by atoms with Crippen LogP contribution in [-0.4, -0.2) is 23.0 Å². The first kappa shape index (κ1) is 23.6. The second-order valence-electron chi connectivity index (χ2n) is 10.3. The number of Topliss-reactive ketones (excluding diaryl/α,β-unsaturated/α-hetero) is 1. The van der Waals surface area contributed by atoms with Crippen LogP contribution in [0.4, 0.5) is 0 Å². The van der Waals surface area contributed by atoms with E-state index in [1.165, 1.54) is 0 Å². The molecule has 0 aromatic heterocycles. The maximum absolute atomic E-state index is 13.5. The van der Waals surface area contributed by atoms with Gasteiger partial charge in [-0.15, -0.1) is 0 Å². The summed E-state index contributed by atoms with van der Waals surface area (Å²) in [5.74, 6) is 0.320. The first-order valence-corrected chi connectivity index (χ1v) is 13.0. The molecule has 1 saturated carbocycles. The zero-order valence-corrected chi connectivity index (χ0v) is 21.1. The van der Waals surface area contributed by atoms with E-state index in [0.29, 0.717) is 22.8 Å². The number of hydrogen-bond acceptors (Lipinski definition) is 5. The van der Waals surface area contributed by atoms with Crippen molar-refractivity contribution in [1.29, 1.82) is 5.26 Å². The summed E-state index contributed by atoms with van der Waals surface area (Å²) in [4.78, 5) is 14.7. The topological polar surface area (TPSA) is 62.1 Å². The fraction of sp³-hybridized carbons (Fsp3) is 0.429. The molecule has 2 heterocycles. The van der Waals surface area contributed by atoms with Crippen LogP contribution in [0.1, 0.15) is 44.2 Å². The second kappa shape index (κ2) is 8.84. The normalized spacial score (nSPS) is 34.2. The van der Waals surface area contributed by atoms with E-state index in [4.69, 9.17) is 21.6 Å². The van der Waals surface area contributed by atoms with Crippen LogP contribution in [0, 0.1) is 29.1 Å². The Bertz CT molecular complexity index is 1180. The van der Waals surface area contributed by atoms with Gasteiger partial charge >= 0.3 is 0 Å². The van der Waals surface area contributed by atoms with Gasteiger partial charge in [0.05, 0.1) is 27.7 Å². The lowest BCUT2D eigenvalue weighted by atomic mass is 9.56. The molecule has 4 nitrogen and oxygen atoms in total. The molecule has 6 atom stereocenters. The summed E-state index contributed by atoms with van der Waals surface area (Å²) >= 11 is 7.82. The Labute approximate surface area is 210 Å². The largest absolute Gasteiger partial charge is 0.366 e. The maximum Gasteiger partial charge on any atom is 0.140 e. The zero-order valence-electron chi connectivity index (χ0n) is 19.5. The molecule has 1 aliphatic carbocycles. The van der Waals surface area contributed by atoms with Crippen molar-refractivity contribution in [3.05, 3.63) is 76.8 Å². The Hall–Kier alpha value is -2.10. The predicted molar refractivity (Wildman–Crippen MR) is 135 cm³/mol. The number of nitriles is 1. The molecule has 2 saturated heterocycles. The third-order valence-corrected chi connectivity index (χ3v) is 9.30. The molecule has 2 aromatic carbocycles. The van der Waals surface area contributed by atoms with Crippen molar-refractivity contribution < 1.29 is 9.53 Å². The van der Waals surface area contributed by atoms with Crippen LogP contribution in [0.15, 0.2) is 65.6 Å². The number of carbonyl (C=O) groups is 1. The van der Waals surface area contributed by atoms with E-state index in [2.05, 4.69) is 43.4 Å². The van der Waals surface area contributed by atoms with Crippen LogP contribution in [0.2, 0.25) is 5.02 Å². The molecule has 2 aliphatic heterocycles. The standard InChI is InChI=1S/C28H29ClN2O2S/c1-17-19(11-9-18-10-12-20(16-30)22(29)13-18)14-23(32)26-25(17)27(2)15-24(28(26,3)33-27)31-34-21-7-5-4-6-8-21/h4-8,10,12-13,19,24-26,31H,1,9,11,14-15H2,2-3H3/t19?,24?,25?,26?,27-,28+/m1/s1. The zero-order chi connectivity index (χ0) is 24.1. The Kier molecular flexibility index (Phi) is 6.14. The molecule has 3 fully saturated rings. The second-order valence-corrected chi connectivity index (χ2v) is 11.6. The molecule has 0 spiro atoms. The van der Waals surface area contributed by atoms with Crippen molar-refractivity contribution in [1.82, 2.24) is 4.72 Å². The molecule has 2 aromatic rings. The summed E-state index contributed by atoms with van der Waals surface area (Å²) in [7, 11) is 0. The van der Waals surface area contributed by atoms with E-state index in [1.54, 1.807) is 18.0 Å². The van der Waals surface area contributed by atoms with Gasteiger partial charge in [0.1, 0.15) is 11.9 Å².